The molecule has 1 heterocycles. The Hall–Kier alpha value is -0.800. The Morgan fingerprint density at radius 2 is 2.11 bits per heavy atom. The maximum absolute atomic E-state index is 6.26. The Morgan fingerprint density at radius 3 is 2.72 bits per heavy atom. The van der Waals surface area contributed by atoms with Gasteiger partial charge >= 0.3 is 0 Å². The molecule has 0 unspecified atom stereocenters. The second-order valence-electron chi connectivity index (χ2n) is 4.76. The summed E-state index contributed by atoms with van der Waals surface area (Å²) in [5.41, 5.74) is 2.99. The van der Waals surface area contributed by atoms with E-state index in [9.17, 15) is 0 Å². The summed E-state index contributed by atoms with van der Waals surface area (Å²) in [4.78, 5) is 4.68. The van der Waals surface area contributed by atoms with E-state index in [2.05, 4.69) is 46.1 Å². The lowest BCUT2D eigenvalue weighted by molar-refractivity contribution is 0.637. The van der Waals surface area contributed by atoms with Crippen LogP contribution in [-0.4, -0.2) is 12.0 Å². The summed E-state index contributed by atoms with van der Waals surface area (Å²) in [7, 11) is 1.92. The molecule has 1 N–H and O–H groups in total. The number of fused-ring (bicyclic) bond motifs is 1. The van der Waals surface area contributed by atoms with Crippen molar-refractivity contribution in [1.29, 1.82) is 0 Å². The van der Waals surface area contributed by atoms with Gasteiger partial charge in [-0.2, -0.15) is 0 Å². The fourth-order valence-electron chi connectivity index (χ4n) is 2.04. The Bertz CT molecular complexity index is 582. The van der Waals surface area contributed by atoms with Gasteiger partial charge in [-0.3, -0.25) is 4.98 Å². The van der Waals surface area contributed by atoms with Crippen LogP contribution in [0.2, 0.25) is 5.02 Å². The molecule has 96 valence electrons. The largest absolute Gasteiger partial charge is 0.387 e. The summed E-state index contributed by atoms with van der Waals surface area (Å²) in [6, 6.07) is 5.93. The molecule has 0 spiro atoms. The van der Waals surface area contributed by atoms with Crippen LogP contribution in [-0.2, 0) is 6.42 Å². The van der Waals surface area contributed by atoms with Gasteiger partial charge in [0.05, 0.1) is 10.5 Å². The first-order valence-corrected chi connectivity index (χ1v) is 7.15. The normalized spacial score (nSPS) is 11.2. The van der Waals surface area contributed by atoms with E-state index in [0.29, 0.717) is 10.9 Å². The molecule has 2 aromatic rings. The maximum atomic E-state index is 6.26. The highest BCUT2D eigenvalue weighted by molar-refractivity contribution is 9.10. The van der Waals surface area contributed by atoms with Crippen molar-refractivity contribution in [2.75, 3.05) is 12.4 Å². The van der Waals surface area contributed by atoms with Crippen LogP contribution in [0.4, 0.5) is 5.69 Å². The van der Waals surface area contributed by atoms with Gasteiger partial charge in [0.1, 0.15) is 0 Å². The molecular formula is C14H16BrClN2. The van der Waals surface area contributed by atoms with Gasteiger partial charge in [0.15, 0.2) is 0 Å². The summed E-state index contributed by atoms with van der Waals surface area (Å²) in [6.07, 6.45) is 0.952. The van der Waals surface area contributed by atoms with E-state index in [1.807, 2.05) is 19.2 Å². The zero-order valence-corrected chi connectivity index (χ0v) is 13.1. The molecule has 0 amide bonds. The first kappa shape index (κ1) is 13.6. The predicted octanol–water partition coefficient (Wildman–Crippen LogP) is 4.89. The molecule has 4 heteroatoms. The van der Waals surface area contributed by atoms with Crippen molar-refractivity contribution in [1.82, 2.24) is 4.98 Å². The number of benzene rings is 1. The van der Waals surface area contributed by atoms with Gasteiger partial charge in [-0.25, -0.2) is 0 Å². The molecule has 0 fully saturated rings. The summed E-state index contributed by atoms with van der Waals surface area (Å²) in [6.45, 7) is 4.38. The average Bonchev–Trinajstić information content (AvgIpc) is 2.32. The van der Waals surface area contributed by atoms with Gasteiger partial charge in [-0.05, 0) is 30.5 Å². The summed E-state index contributed by atoms with van der Waals surface area (Å²) in [5.74, 6) is 0.575. The fraction of sp³-hybridized carbons (Fsp3) is 0.357. The molecule has 0 saturated carbocycles. The molecule has 1 aromatic carbocycles. The van der Waals surface area contributed by atoms with Crippen LogP contribution in [0.3, 0.4) is 0 Å². The molecule has 18 heavy (non-hydrogen) atoms. The highest BCUT2D eigenvalue weighted by Gasteiger charge is 2.11. The SMILES string of the molecule is CNc1cc(CC(C)C)nc2c(Cl)ccc(Br)c12. The minimum atomic E-state index is 0.575. The topological polar surface area (TPSA) is 24.9 Å². The molecule has 1 aromatic heterocycles. The predicted molar refractivity (Wildman–Crippen MR) is 82.5 cm³/mol. The van der Waals surface area contributed by atoms with Crippen molar-refractivity contribution >= 4 is 44.1 Å². The quantitative estimate of drug-likeness (QED) is 0.868. The van der Waals surface area contributed by atoms with Crippen LogP contribution in [0.5, 0.6) is 0 Å². The van der Waals surface area contributed by atoms with Gasteiger partial charge in [0.2, 0.25) is 0 Å². The number of anilines is 1. The summed E-state index contributed by atoms with van der Waals surface area (Å²) >= 11 is 9.81. The van der Waals surface area contributed by atoms with E-state index < -0.39 is 0 Å². The smallest absolute Gasteiger partial charge is 0.0923 e. The number of nitrogens with one attached hydrogen (secondary N) is 1. The monoisotopic (exact) mass is 326 g/mol. The van der Waals surface area contributed by atoms with E-state index in [1.165, 1.54) is 0 Å². The molecule has 0 bridgehead atoms. The molecule has 0 aliphatic heterocycles. The fourth-order valence-corrected chi connectivity index (χ4v) is 2.77. The number of rotatable bonds is 3. The minimum Gasteiger partial charge on any atom is -0.387 e. The van der Waals surface area contributed by atoms with E-state index in [1.54, 1.807) is 0 Å². The van der Waals surface area contributed by atoms with Gasteiger partial charge in [0.25, 0.3) is 0 Å². The van der Waals surface area contributed by atoms with E-state index in [0.717, 1.165) is 33.2 Å². The van der Waals surface area contributed by atoms with Crippen molar-refractivity contribution in [2.24, 2.45) is 5.92 Å². The number of halogens is 2. The van der Waals surface area contributed by atoms with Crippen LogP contribution in [0.1, 0.15) is 19.5 Å². The van der Waals surface area contributed by atoms with Gasteiger partial charge < -0.3 is 5.32 Å². The third kappa shape index (κ3) is 2.62. The van der Waals surface area contributed by atoms with Crippen molar-refractivity contribution in [3.05, 3.63) is 33.4 Å². The standard InChI is InChI=1S/C14H16BrClN2/c1-8(2)6-9-7-12(17-3)13-10(15)4-5-11(16)14(13)18-9/h4-5,7-8H,6H2,1-3H3,(H,17,18). The third-order valence-electron chi connectivity index (χ3n) is 2.80. The van der Waals surface area contributed by atoms with Gasteiger partial charge in [-0.15, -0.1) is 0 Å². The lowest BCUT2D eigenvalue weighted by atomic mass is 10.1. The Labute approximate surface area is 121 Å². The number of hydrogen-bond donors (Lipinski definition) is 1. The van der Waals surface area contributed by atoms with E-state index in [-0.39, 0.29) is 0 Å². The second-order valence-corrected chi connectivity index (χ2v) is 6.02. The lowest BCUT2D eigenvalue weighted by Crippen LogP contribution is -2.01. The Balaban J connectivity index is 2.71. The number of aromatic nitrogens is 1. The zero-order valence-electron chi connectivity index (χ0n) is 10.7. The third-order valence-corrected chi connectivity index (χ3v) is 3.77. The average molecular weight is 328 g/mol. The van der Waals surface area contributed by atoms with Crippen LogP contribution in [0, 0.1) is 5.92 Å². The van der Waals surface area contributed by atoms with Gasteiger partial charge in [0, 0.05) is 28.3 Å². The first-order chi connectivity index (χ1) is 8.52. The summed E-state index contributed by atoms with van der Waals surface area (Å²) in [5, 5.41) is 4.95. The molecule has 0 aliphatic carbocycles. The second kappa shape index (κ2) is 5.45. The first-order valence-electron chi connectivity index (χ1n) is 5.98. The number of nitrogens with zero attached hydrogens (tertiary/aromatic N) is 1. The van der Waals surface area contributed by atoms with Crippen LogP contribution in [0.15, 0.2) is 22.7 Å². The number of pyridine rings is 1. The van der Waals surface area contributed by atoms with Crippen LogP contribution >= 0.6 is 27.5 Å². The van der Waals surface area contributed by atoms with E-state index >= 15 is 0 Å². The molecule has 2 rings (SSSR count). The van der Waals surface area contributed by atoms with Crippen molar-refractivity contribution in [2.45, 2.75) is 20.3 Å². The molecular weight excluding hydrogens is 312 g/mol. The van der Waals surface area contributed by atoms with Gasteiger partial charge in [-0.1, -0.05) is 41.4 Å². The molecule has 0 saturated heterocycles. The van der Waals surface area contributed by atoms with Crippen LogP contribution < -0.4 is 5.32 Å². The molecule has 0 atom stereocenters. The highest BCUT2D eigenvalue weighted by atomic mass is 79.9. The van der Waals surface area contributed by atoms with Crippen LogP contribution in [0.25, 0.3) is 10.9 Å². The Kier molecular flexibility index (Phi) is 4.13. The highest BCUT2D eigenvalue weighted by Crippen LogP contribution is 2.34. The summed E-state index contributed by atoms with van der Waals surface area (Å²) < 4.78 is 1.01. The molecule has 2 nitrogen and oxygen atoms in total. The van der Waals surface area contributed by atoms with Crippen molar-refractivity contribution in [3.63, 3.8) is 0 Å². The maximum Gasteiger partial charge on any atom is 0.0923 e. The van der Waals surface area contributed by atoms with E-state index in [4.69, 9.17) is 11.6 Å². The molecule has 0 radical (unpaired) electrons. The lowest BCUT2D eigenvalue weighted by Gasteiger charge is -2.12. The van der Waals surface area contributed by atoms with Crippen molar-refractivity contribution < 1.29 is 0 Å². The Morgan fingerprint density at radius 1 is 1.39 bits per heavy atom. The van der Waals surface area contributed by atoms with Crippen molar-refractivity contribution in [3.8, 4) is 0 Å². The number of hydrogen-bond acceptors (Lipinski definition) is 2. The minimum absolute atomic E-state index is 0.575. The zero-order chi connectivity index (χ0) is 13.3. The molecule has 0 aliphatic rings.